The Hall–Kier alpha value is -2.84. The first-order valence-electron chi connectivity index (χ1n) is 9.08. The van der Waals surface area contributed by atoms with Crippen LogP contribution in [-0.4, -0.2) is 40.9 Å². The summed E-state index contributed by atoms with van der Waals surface area (Å²) in [6.07, 6.45) is 1.73. The molecule has 1 heterocycles. The lowest BCUT2D eigenvalue weighted by Gasteiger charge is -2.28. The van der Waals surface area contributed by atoms with Crippen LogP contribution in [0.1, 0.15) is 23.2 Å². The lowest BCUT2D eigenvalue weighted by atomic mass is 9.89. The molecule has 1 saturated heterocycles. The molecule has 0 saturated carbocycles. The normalized spacial score (nSPS) is 15.0. The molecule has 146 valence electrons. The molecule has 0 atom stereocenters. The van der Waals surface area contributed by atoms with Gasteiger partial charge in [-0.05, 0) is 63.4 Å². The highest BCUT2D eigenvalue weighted by Crippen LogP contribution is 2.25. The SMILES string of the molecule is CN1CCC(C(=O)c2cccc(NC(=S)Nc3ccccc3[N+](=O)[O-])c2)CC1. The molecule has 7 nitrogen and oxygen atoms in total. The van der Waals surface area contributed by atoms with Crippen LogP contribution in [0, 0.1) is 16.0 Å². The molecule has 0 radical (unpaired) electrons. The summed E-state index contributed by atoms with van der Waals surface area (Å²) in [5, 5.41) is 17.2. The predicted octanol–water partition coefficient (Wildman–Crippen LogP) is 3.93. The number of hydrogen-bond acceptors (Lipinski definition) is 5. The van der Waals surface area contributed by atoms with Gasteiger partial charge in [0.1, 0.15) is 5.69 Å². The molecule has 0 amide bonds. The highest BCUT2D eigenvalue weighted by atomic mass is 32.1. The maximum absolute atomic E-state index is 12.8. The van der Waals surface area contributed by atoms with Crippen molar-refractivity contribution in [2.45, 2.75) is 12.8 Å². The van der Waals surface area contributed by atoms with Crippen molar-refractivity contribution >= 4 is 40.2 Å². The van der Waals surface area contributed by atoms with Crippen LogP contribution in [0.3, 0.4) is 0 Å². The van der Waals surface area contributed by atoms with E-state index in [1.807, 2.05) is 6.07 Å². The van der Waals surface area contributed by atoms with E-state index in [0.717, 1.165) is 25.9 Å². The number of anilines is 2. The smallest absolute Gasteiger partial charge is 0.292 e. The van der Waals surface area contributed by atoms with E-state index in [9.17, 15) is 14.9 Å². The molecule has 2 aromatic carbocycles. The first kappa shape index (κ1) is 19.9. The van der Waals surface area contributed by atoms with E-state index in [1.54, 1.807) is 36.4 Å². The molecule has 0 aromatic heterocycles. The Bertz CT molecular complexity index is 895. The number of ketones is 1. The number of para-hydroxylation sites is 2. The molecule has 8 heteroatoms. The monoisotopic (exact) mass is 398 g/mol. The van der Waals surface area contributed by atoms with Crippen LogP contribution >= 0.6 is 12.2 Å². The molecule has 0 aliphatic carbocycles. The van der Waals surface area contributed by atoms with Crippen molar-refractivity contribution < 1.29 is 9.72 Å². The number of nitro groups is 1. The number of piperidine rings is 1. The minimum absolute atomic E-state index is 0.0449. The Labute approximate surface area is 168 Å². The summed E-state index contributed by atoms with van der Waals surface area (Å²) in [6.45, 7) is 1.86. The average Bonchev–Trinajstić information content (AvgIpc) is 2.68. The van der Waals surface area contributed by atoms with Gasteiger partial charge < -0.3 is 15.5 Å². The van der Waals surface area contributed by atoms with Crippen LogP contribution in [0.2, 0.25) is 0 Å². The van der Waals surface area contributed by atoms with Crippen molar-refractivity contribution in [2.75, 3.05) is 30.8 Å². The molecular weight excluding hydrogens is 376 g/mol. The summed E-state index contributed by atoms with van der Waals surface area (Å²) in [6, 6.07) is 13.5. The maximum atomic E-state index is 12.8. The predicted molar refractivity (Wildman–Crippen MR) is 114 cm³/mol. The number of rotatable bonds is 5. The maximum Gasteiger partial charge on any atom is 0.292 e. The summed E-state index contributed by atoms with van der Waals surface area (Å²) in [5.74, 6) is 0.192. The fraction of sp³-hybridized carbons (Fsp3) is 0.300. The third kappa shape index (κ3) is 4.90. The van der Waals surface area contributed by atoms with Crippen LogP contribution in [0.4, 0.5) is 17.1 Å². The van der Waals surface area contributed by atoms with Gasteiger partial charge in [-0.25, -0.2) is 0 Å². The van der Waals surface area contributed by atoms with E-state index >= 15 is 0 Å². The zero-order valence-electron chi connectivity index (χ0n) is 15.6. The van der Waals surface area contributed by atoms with Gasteiger partial charge in [0.25, 0.3) is 5.69 Å². The summed E-state index contributed by atoms with van der Waals surface area (Å²) in [4.78, 5) is 25.7. The van der Waals surface area contributed by atoms with Crippen molar-refractivity contribution in [3.8, 4) is 0 Å². The zero-order chi connectivity index (χ0) is 20.1. The molecule has 1 aliphatic heterocycles. The van der Waals surface area contributed by atoms with Gasteiger partial charge in [-0.1, -0.05) is 24.3 Å². The quantitative estimate of drug-likeness (QED) is 0.341. The van der Waals surface area contributed by atoms with Crippen LogP contribution in [0.25, 0.3) is 0 Å². The number of thiocarbonyl (C=S) groups is 1. The number of carbonyl (C=O) groups excluding carboxylic acids is 1. The van der Waals surface area contributed by atoms with Crippen molar-refractivity contribution in [1.82, 2.24) is 4.90 Å². The highest BCUT2D eigenvalue weighted by molar-refractivity contribution is 7.80. The largest absolute Gasteiger partial charge is 0.332 e. The second kappa shape index (κ2) is 8.90. The van der Waals surface area contributed by atoms with Gasteiger partial charge in [0.2, 0.25) is 0 Å². The molecular formula is C20H22N4O3S. The summed E-state index contributed by atoms with van der Waals surface area (Å²) >= 11 is 5.28. The highest BCUT2D eigenvalue weighted by Gasteiger charge is 2.24. The van der Waals surface area contributed by atoms with E-state index in [1.165, 1.54) is 6.07 Å². The van der Waals surface area contributed by atoms with Gasteiger partial charge >= 0.3 is 0 Å². The van der Waals surface area contributed by atoms with Crippen LogP contribution < -0.4 is 10.6 Å². The van der Waals surface area contributed by atoms with Crippen LogP contribution in [0.5, 0.6) is 0 Å². The fourth-order valence-corrected chi connectivity index (χ4v) is 3.51. The molecule has 0 spiro atoms. The number of nitrogens with zero attached hydrogens (tertiary/aromatic N) is 2. The number of hydrogen-bond donors (Lipinski definition) is 2. The molecule has 2 N–H and O–H groups in total. The van der Waals surface area contributed by atoms with E-state index in [-0.39, 0.29) is 22.5 Å². The molecule has 0 unspecified atom stereocenters. The summed E-state index contributed by atoms with van der Waals surface area (Å²) in [7, 11) is 2.07. The van der Waals surface area contributed by atoms with Gasteiger partial charge in [0, 0.05) is 23.2 Å². The number of likely N-dealkylation sites (tertiary alicyclic amines) is 1. The lowest BCUT2D eigenvalue weighted by Crippen LogP contribution is -2.33. The van der Waals surface area contributed by atoms with Crippen molar-refractivity contribution in [2.24, 2.45) is 5.92 Å². The van der Waals surface area contributed by atoms with Gasteiger partial charge in [0.05, 0.1) is 4.92 Å². The lowest BCUT2D eigenvalue weighted by molar-refractivity contribution is -0.383. The Morgan fingerprint density at radius 1 is 1.14 bits per heavy atom. The summed E-state index contributed by atoms with van der Waals surface area (Å²) < 4.78 is 0. The topological polar surface area (TPSA) is 87.5 Å². The molecule has 28 heavy (non-hydrogen) atoms. The molecule has 2 aromatic rings. The van der Waals surface area contributed by atoms with Crippen molar-refractivity contribution in [1.29, 1.82) is 0 Å². The number of nitro benzene ring substituents is 1. The first-order valence-corrected chi connectivity index (χ1v) is 9.49. The fourth-order valence-electron chi connectivity index (χ4n) is 3.28. The van der Waals surface area contributed by atoms with Gasteiger partial charge in [-0.2, -0.15) is 0 Å². The molecule has 1 aliphatic rings. The standard InChI is InChI=1S/C20H22N4O3S/c1-23-11-9-14(10-12-23)19(25)15-5-4-6-16(13-15)21-20(28)22-17-7-2-3-8-18(17)24(26)27/h2-8,13-14H,9-12H2,1H3,(H2,21,22,28). The first-order chi connectivity index (χ1) is 13.4. The summed E-state index contributed by atoms with van der Waals surface area (Å²) in [5.41, 5.74) is 1.56. The van der Waals surface area contributed by atoms with Crippen molar-refractivity contribution in [3.05, 3.63) is 64.2 Å². The minimum Gasteiger partial charge on any atom is -0.332 e. The molecule has 3 rings (SSSR count). The van der Waals surface area contributed by atoms with Crippen LogP contribution in [0.15, 0.2) is 48.5 Å². The van der Waals surface area contributed by atoms with E-state index in [2.05, 4.69) is 22.6 Å². The number of Topliss-reactive ketones (excluding diaryl/α,β-unsaturated/α-hetero) is 1. The second-order valence-electron chi connectivity index (χ2n) is 6.88. The van der Waals surface area contributed by atoms with Crippen molar-refractivity contribution in [3.63, 3.8) is 0 Å². The molecule has 0 bridgehead atoms. The minimum atomic E-state index is -0.466. The average molecular weight is 398 g/mol. The van der Waals surface area contributed by atoms with Gasteiger partial charge in [-0.15, -0.1) is 0 Å². The number of carbonyl (C=O) groups is 1. The number of benzene rings is 2. The molecule has 1 fully saturated rings. The third-order valence-electron chi connectivity index (χ3n) is 4.84. The number of nitrogens with one attached hydrogen (secondary N) is 2. The van der Waals surface area contributed by atoms with E-state index < -0.39 is 4.92 Å². The Balaban J connectivity index is 1.67. The van der Waals surface area contributed by atoms with Crippen LogP contribution in [-0.2, 0) is 0 Å². The Morgan fingerprint density at radius 3 is 2.57 bits per heavy atom. The van der Waals surface area contributed by atoms with E-state index in [0.29, 0.717) is 16.9 Å². The second-order valence-corrected chi connectivity index (χ2v) is 7.28. The Morgan fingerprint density at radius 2 is 1.86 bits per heavy atom. The third-order valence-corrected chi connectivity index (χ3v) is 5.05. The zero-order valence-corrected chi connectivity index (χ0v) is 16.4. The Kier molecular flexibility index (Phi) is 6.33. The van der Waals surface area contributed by atoms with Gasteiger partial charge in [0.15, 0.2) is 10.9 Å². The van der Waals surface area contributed by atoms with Gasteiger partial charge in [-0.3, -0.25) is 14.9 Å². The van der Waals surface area contributed by atoms with E-state index in [4.69, 9.17) is 12.2 Å².